The standard InChI is InChI=1S/C25H39N6.2ClH.Mn/c1-16-13-19(23(4,5)6)26-29(16)22(30-17(2)14-20(27-30)24(7,8)9)31-18(3)15-21(28-31)25(10,11)12;;;/h13-15H,1-12H3;2*1H;/q-1;;;+2/p-2. The summed E-state index contributed by atoms with van der Waals surface area (Å²) in [5, 5.41) is 15.1. The third kappa shape index (κ3) is 6.42. The average Bonchev–Trinajstić information content (AvgIpc) is 3.34. The molecule has 0 saturated carbocycles. The van der Waals surface area contributed by atoms with Gasteiger partial charge in [0, 0.05) is 16.2 Å². The molecule has 3 heterocycles. The molecule has 0 spiro atoms. The minimum absolute atomic E-state index is 0.00694. The Kier molecular flexibility index (Phi) is 8.73. The quantitative estimate of drug-likeness (QED) is 0.265. The fourth-order valence-electron chi connectivity index (χ4n) is 3.40. The van der Waals surface area contributed by atoms with Gasteiger partial charge < -0.3 is 0 Å². The molecule has 0 fully saturated rings. The van der Waals surface area contributed by atoms with E-state index in [1.165, 1.54) is 0 Å². The van der Waals surface area contributed by atoms with E-state index in [1.807, 2.05) is 14.0 Å². The Balaban J connectivity index is 0.00000129. The van der Waals surface area contributed by atoms with Gasteiger partial charge >= 0.3 is 33.3 Å². The van der Waals surface area contributed by atoms with Crippen LogP contribution in [-0.4, -0.2) is 29.3 Å². The maximum atomic E-state index is 5.02. The number of hydrogen-bond donors (Lipinski definition) is 0. The van der Waals surface area contributed by atoms with Crippen molar-refractivity contribution >= 4 is 20.2 Å². The third-order valence-corrected chi connectivity index (χ3v) is 5.54. The van der Waals surface area contributed by atoms with Crippen LogP contribution in [-0.2, 0) is 29.4 Å². The van der Waals surface area contributed by atoms with Gasteiger partial charge in [0.25, 0.3) is 0 Å². The first-order valence-corrected chi connectivity index (χ1v) is 14.6. The van der Waals surface area contributed by atoms with E-state index >= 15 is 0 Å². The van der Waals surface area contributed by atoms with Crippen molar-refractivity contribution in [2.75, 3.05) is 0 Å². The van der Waals surface area contributed by atoms with Gasteiger partial charge in [0.15, 0.2) is 6.29 Å². The molecule has 3 aromatic rings. The van der Waals surface area contributed by atoms with Crippen LogP contribution in [0.25, 0.3) is 0 Å². The topological polar surface area (TPSA) is 53.5 Å². The Labute approximate surface area is 220 Å². The molecule has 0 atom stereocenters. The van der Waals surface area contributed by atoms with Crippen molar-refractivity contribution in [1.82, 2.24) is 29.3 Å². The van der Waals surface area contributed by atoms with Crippen LogP contribution in [0.3, 0.4) is 0 Å². The van der Waals surface area contributed by atoms with E-state index in [0.717, 1.165) is 40.5 Å². The molecule has 0 bridgehead atoms. The van der Waals surface area contributed by atoms with Crippen molar-refractivity contribution < 1.29 is 13.1 Å². The molecule has 0 saturated heterocycles. The summed E-state index contributed by atoms with van der Waals surface area (Å²) in [6, 6.07) is 6.48. The summed E-state index contributed by atoms with van der Waals surface area (Å²) in [6.07, 6.45) is 0.814. The van der Waals surface area contributed by atoms with Crippen LogP contribution < -0.4 is 0 Å². The van der Waals surface area contributed by atoms with Crippen LogP contribution in [0.1, 0.15) is 96.5 Å². The molecule has 0 N–H and O–H groups in total. The van der Waals surface area contributed by atoms with Crippen LogP contribution in [0.15, 0.2) is 18.2 Å². The van der Waals surface area contributed by atoms with Gasteiger partial charge in [-0.1, -0.05) is 101 Å². The van der Waals surface area contributed by atoms with Gasteiger partial charge in [0.05, 0.1) is 17.1 Å². The monoisotopic (exact) mass is 548 g/mol. The normalized spacial score (nSPS) is 12.5. The molecule has 0 aromatic carbocycles. The second-order valence-corrected chi connectivity index (χ2v) is 13.8. The number of aryl methyl sites for hydroxylation is 3. The zero-order chi connectivity index (χ0) is 26.2. The fourth-order valence-corrected chi connectivity index (χ4v) is 3.40. The molecule has 0 aliphatic rings. The predicted octanol–water partition coefficient (Wildman–Crippen LogP) is 6.86. The van der Waals surface area contributed by atoms with E-state index < -0.39 is 0 Å². The number of rotatable bonds is 3. The van der Waals surface area contributed by atoms with Gasteiger partial charge in [-0.25, -0.2) is 0 Å². The summed E-state index contributed by atoms with van der Waals surface area (Å²) in [7, 11) is 9.59. The summed E-state index contributed by atoms with van der Waals surface area (Å²) in [4.78, 5) is 0. The van der Waals surface area contributed by atoms with Crippen LogP contribution >= 0.6 is 20.2 Å². The second kappa shape index (κ2) is 10.3. The molecule has 0 aliphatic heterocycles. The molecule has 34 heavy (non-hydrogen) atoms. The van der Waals surface area contributed by atoms with Gasteiger partial charge in [-0.2, -0.15) is 15.3 Å². The van der Waals surface area contributed by atoms with E-state index in [1.54, 1.807) is 0 Å². The van der Waals surface area contributed by atoms with E-state index in [-0.39, 0.29) is 29.4 Å². The SMILES string of the molecule is Cc1cc(C(C)(C)C)nn1[C-](n1nc(C(C)(C)C)cc1C)n1nc(C(C)(C)C)cc1C.[Cl][Mn][Cl]. The summed E-state index contributed by atoms with van der Waals surface area (Å²) in [5.74, 6) is 0. The molecule has 0 amide bonds. The Morgan fingerprint density at radius 3 is 0.941 bits per heavy atom. The summed E-state index contributed by atoms with van der Waals surface area (Å²) in [5.41, 5.74) is 6.15. The Bertz CT molecular complexity index is 968. The number of aromatic nitrogens is 6. The van der Waals surface area contributed by atoms with Crippen molar-refractivity contribution in [2.24, 2.45) is 0 Å². The van der Waals surface area contributed by atoms with Crippen molar-refractivity contribution in [1.29, 1.82) is 0 Å². The second-order valence-electron chi connectivity index (χ2n) is 11.9. The molecule has 0 radical (unpaired) electrons. The molecule has 3 rings (SSSR count). The zero-order valence-electron chi connectivity index (χ0n) is 22.5. The first-order chi connectivity index (χ1) is 15.4. The molecule has 6 nitrogen and oxygen atoms in total. The summed E-state index contributed by atoms with van der Waals surface area (Å²) < 4.78 is 5.96. The molecular weight excluding hydrogens is 510 g/mol. The zero-order valence-corrected chi connectivity index (χ0v) is 25.2. The van der Waals surface area contributed by atoms with Gasteiger partial charge in [-0.15, -0.1) is 0 Å². The Morgan fingerprint density at radius 1 is 0.588 bits per heavy atom. The van der Waals surface area contributed by atoms with E-state index in [9.17, 15) is 0 Å². The molecular formula is C25H39Cl2MnN6-. The Hall–Kier alpha value is -1.40. The molecule has 0 aliphatic carbocycles. The van der Waals surface area contributed by atoms with Crippen molar-refractivity contribution in [3.63, 3.8) is 0 Å². The molecule has 3 aromatic heterocycles. The van der Waals surface area contributed by atoms with Gasteiger partial charge in [0.1, 0.15) is 0 Å². The van der Waals surface area contributed by atoms with E-state index in [2.05, 4.69) is 101 Å². The number of hydrogen-bond acceptors (Lipinski definition) is 3. The van der Waals surface area contributed by atoms with Crippen LogP contribution in [0.2, 0.25) is 0 Å². The van der Waals surface area contributed by atoms with E-state index in [0.29, 0.717) is 0 Å². The number of halogens is 2. The molecule has 0 unspecified atom stereocenters. The summed E-state index contributed by atoms with van der Waals surface area (Å²) >= 11 is 0.00694. The molecule has 9 heteroatoms. The third-order valence-electron chi connectivity index (χ3n) is 5.54. The predicted molar refractivity (Wildman–Crippen MR) is 138 cm³/mol. The summed E-state index contributed by atoms with van der Waals surface area (Å²) in [6.45, 7) is 26.0. The maximum absolute atomic E-state index is 5.02. The van der Waals surface area contributed by atoms with Crippen LogP contribution in [0, 0.1) is 27.1 Å². The van der Waals surface area contributed by atoms with Crippen LogP contribution in [0.5, 0.6) is 0 Å². The first kappa shape index (κ1) is 28.8. The average molecular weight is 549 g/mol. The van der Waals surface area contributed by atoms with Gasteiger partial charge in [-0.05, 0) is 17.1 Å². The minimum atomic E-state index is -0.0490. The number of nitrogens with zero attached hydrogens (tertiary/aromatic N) is 6. The van der Waals surface area contributed by atoms with Gasteiger partial charge in [0.2, 0.25) is 0 Å². The Morgan fingerprint density at radius 2 is 0.794 bits per heavy atom. The fraction of sp³-hybridized carbons (Fsp3) is 0.600. The van der Waals surface area contributed by atoms with Crippen molar-refractivity contribution in [2.45, 2.75) is 99.3 Å². The van der Waals surface area contributed by atoms with Crippen LogP contribution in [0.4, 0.5) is 0 Å². The molecule has 191 valence electrons. The van der Waals surface area contributed by atoms with Crippen molar-refractivity contribution in [3.05, 3.63) is 58.7 Å². The van der Waals surface area contributed by atoms with Gasteiger partial charge in [-0.3, -0.25) is 14.0 Å². The first-order valence-electron chi connectivity index (χ1n) is 11.4. The van der Waals surface area contributed by atoms with Crippen molar-refractivity contribution in [3.8, 4) is 0 Å². The van der Waals surface area contributed by atoms with E-state index in [4.69, 9.17) is 35.5 Å².